The number of fused-ring (bicyclic) bond motifs is 1. The van der Waals surface area contributed by atoms with Crippen LogP contribution in [0.4, 0.5) is 19.1 Å². The maximum Gasteiger partial charge on any atom is 0.392 e. The Kier molecular flexibility index (Phi) is 6.92. The molecule has 168 valence electrons. The van der Waals surface area contributed by atoms with Crippen molar-refractivity contribution in [3.05, 3.63) is 36.7 Å². The van der Waals surface area contributed by atoms with Gasteiger partial charge in [0.15, 0.2) is 11.5 Å². The highest BCUT2D eigenvalue weighted by Gasteiger charge is 2.42. The Labute approximate surface area is 179 Å². The van der Waals surface area contributed by atoms with Crippen LogP contribution in [0.5, 0.6) is 0 Å². The number of imidazole rings is 1. The lowest BCUT2D eigenvalue weighted by molar-refractivity contribution is -0.157. The molecule has 0 aliphatic heterocycles. The van der Waals surface area contributed by atoms with E-state index < -0.39 is 32.1 Å². The van der Waals surface area contributed by atoms with Gasteiger partial charge in [-0.3, -0.25) is 4.57 Å². The number of nitrogens with two attached hydrogens (primary N) is 1. The maximum atomic E-state index is 12.7. The van der Waals surface area contributed by atoms with Gasteiger partial charge >= 0.3 is 13.8 Å². The molecule has 0 aliphatic rings. The minimum atomic E-state index is -5.13. The Hall–Kier alpha value is -2.18. The van der Waals surface area contributed by atoms with E-state index in [9.17, 15) is 27.5 Å². The fourth-order valence-electron chi connectivity index (χ4n) is 2.77. The molecule has 0 fully saturated rings. The summed E-state index contributed by atoms with van der Waals surface area (Å²) in [4.78, 5) is 32.0. The van der Waals surface area contributed by atoms with E-state index >= 15 is 0 Å². The molecule has 4 N–H and O–H groups in total. The van der Waals surface area contributed by atoms with E-state index in [0.717, 1.165) is 4.90 Å². The third kappa shape index (κ3) is 6.40. The molecule has 2 unspecified atom stereocenters. The molecule has 1 aromatic carbocycles. The second kappa shape index (κ2) is 9.13. The Balaban J connectivity index is 1.82. The number of hydrogen-bond acceptors (Lipinski definition) is 7. The standard InChI is InChI=1S/C17H19F3N5O4PS/c1-10(29-12(30(26,27)28)7-17(18,19)20)8-25-9-22-13-14(25)23-16(21)24-15(13)31-11-5-3-2-4-6-11/h2-6,9-10,12H,7-8H2,1H3,(H2,21,23,24)(H2,26,27,28). The first-order valence-corrected chi connectivity index (χ1v) is 11.4. The first-order valence-electron chi connectivity index (χ1n) is 8.91. The third-order valence-corrected chi connectivity index (χ3v) is 6.07. The first-order chi connectivity index (χ1) is 14.4. The van der Waals surface area contributed by atoms with Crippen molar-refractivity contribution < 1.29 is 32.3 Å². The van der Waals surface area contributed by atoms with Crippen LogP contribution in [-0.2, 0) is 15.8 Å². The number of rotatable bonds is 8. The number of benzene rings is 1. The van der Waals surface area contributed by atoms with E-state index in [4.69, 9.17) is 10.5 Å². The molecule has 14 heteroatoms. The first kappa shape index (κ1) is 23.5. The fraction of sp³-hybridized carbons (Fsp3) is 0.353. The smallest absolute Gasteiger partial charge is 0.368 e. The molecular formula is C17H19F3N5O4PS. The van der Waals surface area contributed by atoms with E-state index in [1.165, 1.54) is 29.6 Å². The van der Waals surface area contributed by atoms with Gasteiger partial charge in [-0.2, -0.15) is 18.2 Å². The summed E-state index contributed by atoms with van der Waals surface area (Å²) in [5, 5.41) is 0.492. The maximum absolute atomic E-state index is 12.7. The van der Waals surface area contributed by atoms with E-state index in [1.807, 2.05) is 30.3 Å². The van der Waals surface area contributed by atoms with Crippen LogP contribution in [0.15, 0.2) is 46.6 Å². The second-order valence-corrected chi connectivity index (χ2v) is 9.50. The number of ether oxygens (including phenoxy) is 1. The average Bonchev–Trinajstić information content (AvgIpc) is 3.03. The number of halogens is 3. The van der Waals surface area contributed by atoms with E-state index in [1.54, 1.807) is 0 Å². The Bertz CT molecular complexity index is 1090. The van der Waals surface area contributed by atoms with Gasteiger partial charge in [0.25, 0.3) is 0 Å². The molecule has 2 atom stereocenters. The van der Waals surface area contributed by atoms with Crippen molar-refractivity contribution in [3.8, 4) is 0 Å². The molecule has 0 aliphatic carbocycles. The molecule has 2 aromatic heterocycles. The van der Waals surface area contributed by atoms with Gasteiger partial charge in [-0.05, 0) is 19.1 Å². The Morgan fingerprint density at radius 3 is 2.55 bits per heavy atom. The van der Waals surface area contributed by atoms with Gasteiger partial charge in [-0.25, -0.2) is 9.97 Å². The minimum absolute atomic E-state index is 0.0218. The molecule has 0 spiro atoms. The van der Waals surface area contributed by atoms with Gasteiger partial charge in [0.2, 0.25) is 5.95 Å². The predicted molar refractivity (Wildman–Crippen MR) is 107 cm³/mol. The van der Waals surface area contributed by atoms with Crippen molar-refractivity contribution in [2.75, 3.05) is 5.73 Å². The monoisotopic (exact) mass is 477 g/mol. The van der Waals surface area contributed by atoms with Crippen molar-refractivity contribution in [1.82, 2.24) is 19.5 Å². The minimum Gasteiger partial charge on any atom is -0.368 e. The van der Waals surface area contributed by atoms with Gasteiger partial charge in [-0.15, -0.1) is 0 Å². The number of aromatic nitrogens is 4. The summed E-state index contributed by atoms with van der Waals surface area (Å²) >= 11 is 1.32. The summed E-state index contributed by atoms with van der Waals surface area (Å²) in [6.07, 6.45) is -6.15. The van der Waals surface area contributed by atoms with Gasteiger partial charge in [-0.1, -0.05) is 30.0 Å². The van der Waals surface area contributed by atoms with Crippen molar-refractivity contribution in [2.45, 2.75) is 47.9 Å². The Morgan fingerprint density at radius 2 is 1.94 bits per heavy atom. The summed E-state index contributed by atoms with van der Waals surface area (Å²) in [6.45, 7) is 1.34. The quantitative estimate of drug-likeness (QED) is 0.329. The zero-order chi connectivity index (χ0) is 22.8. The molecule has 0 saturated heterocycles. The molecule has 0 radical (unpaired) electrons. The molecule has 0 bridgehead atoms. The lowest BCUT2D eigenvalue weighted by Gasteiger charge is -2.24. The number of alkyl halides is 3. The summed E-state index contributed by atoms with van der Waals surface area (Å²) in [7, 11) is -5.13. The highest BCUT2D eigenvalue weighted by molar-refractivity contribution is 7.99. The van der Waals surface area contributed by atoms with Crippen LogP contribution in [0.25, 0.3) is 11.2 Å². The highest BCUT2D eigenvalue weighted by Crippen LogP contribution is 2.47. The molecule has 3 aromatic rings. The molecule has 31 heavy (non-hydrogen) atoms. The van der Waals surface area contributed by atoms with Gasteiger partial charge in [0, 0.05) is 4.90 Å². The van der Waals surface area contributed by atoms with Crippen LogP contribution in [0.2, 0.25) is 0 Å². The number of anilines is 1. The molecule has 9 nitrogen and oxygen atoms in total. The molecule has 0 amide bonds. The van der Waals surface area contributed by atoms with E-state index in [0.29, 0.717) is 16.2 Å². The number of nitrogen functional groups attached to an aromatic ring is 1. The van der Waals surface area contributed by atoms with E-state index in [2.05, 4.69) is 15.0 Å². The van der Waals surface area contributed by atoms with Gasteiger partial charge in [0.1, 0.15) is 10.5 Å². The zero-order valence-electron chi connectivity index (χ0n) is 16.1. The zero-order valence-corrected chi connectivity index (χ0v) is 17.8. The lowest BCUT2D eigenvalue weighted by atomic mass is 10.3. The van der Waals surface area contributed by atoms with E-state index in [-0.39, 0.29) is 12.5 Å². The Morgan fingerprint density at radius 1 is 1.26 bits per heavy atom. The number of nitrogens with zero attached hydrogens (tertiary/aromatic N) is 4. The highest BCUT2D eigenvalue weighted by atomic mass is 32.2. The summed E-state index contributed by atoms with van der Waals surface area (Å²) in [5.74, 6) is -2.33. The molecular weight excluding hydrogens is 458 g/mol. The second-order valence-electron chi connectivity index (χ2n) is 6.68. The van der Waals surface area contributed by atoms with Gasteiger partial charge < -0.3 is 24.8 Å². The topological polar surface area (TPSA) is 136 Å². The van der Waals surface area contributed by atoms with Crippen LogP contribution in [-0.4, -0.2) is 47.4 Å². The normalized spacial score (nSPS) is 14.6. The van der Waals surface area contributed by atoms with Crippen LogP contribution in [0.1, 0.15) is 13.3 Å². The lowest BCUT2D eigenvalue weighted by Crippen LogP contribution is -2.28. The average molecular weight is 477 g/mol. The van der Waals surface area contributed by atoms with Crippen LogP contribution >= 0.6 is 19.4 Å². The predicted octanol–water partition coefficient (Wildman–Crippen LogP) is 3.42. The van der Waals surface area contributed by atoms with Crippen molar-refractivity contribution in [1.29, 1.82) is 0 Å². The van der Waals surface area contributed by atoms with Crippen molar-refractivity contribution in [3.63, 3.8) is 0 Å². The van der Waals surface area contributed by atoms with Crippen LogP contribution in [0.3, 0.4) is 0 Å². The van der Waals surface area contributed by atoms with Crippen molar-refractivity contribution in [2.24, 2.45) is 0 Å². The van der Waals surface area contributed by atoms with Crippen LogP contribution in [0, 0.1) is 0 Å². The number of hydrogen-bond donors (Lipinski definition) is 3. The van der Waals surface area contributed by atoms with Crippen LogP contribution < -0.4 is 5.73 Å². The summed E-state index contributed by atoms with van der Waals surface area (Å²) in [6, 6.07) is 9.35. The van der Waals surface area contributed by atoms with Gasteiger partial charge in [0.05, 0.1) is 25.4 Å². The summed E-state index contributed by atoms with van der Waals surface area (Å²) in [5.41, 5.74) is 6.56. The summed E-state index contributed by atoms with van der Waals surface area (Å²) < 4.78 is 56.0. The largest absolute Gasteiger partial charge is 0.392 e. The fourth-order valence-corrected chi connectivity index (χ4v) is 4.48. The third-order valence-electron chi connectivity index (χ3n) is 4.03. The molecule has 0 saturated carbocycles. The molecule has 2 heterocycles. The molecule has 3 rings (SSSR count). The SMILES string of the molecule is CC(Cn1cnc2c(Sc3ccccc3)nc(N)nc21)OC(CC(F)(F)F)P(=O)(O)O. The van der Waals surface area contributed by atoms with Crippen molar-refractivity contribution >= 4 is 36.5 Å².